The van der Waals surface area contributed by atoms with Crippen LogP contribution in [0.3, 0.4) is 0 Å². The van der Waals surface area contributed by atoms with Gasteiger partial charge in [0.15, 0.2) is 0 Å². The molecule has 0 saturated carbocycles. The predicted octanol–water partition coefficient (Wildman–Crippen LogP) is -0.682. The third-order valence-corrected chi connectivity index (χ3v) is 3.04. The fraction of sp³-hybridized carbons (Fsp3) is 0.800. The van der Waals surface area contributed by atoms with Crippen LogP contribution in [0.2, 0.25) is 0 Å². The van der Waals surface area contributed by atoms with Gasteiger partial charge in [-0.05, 0) is 19.8 Å². The average Bonchev–Trinajstić information content (AvgIpc) is 2.20. The molecule has 1 heterocycles. The second kappa shape index (κ2) is 5.11. The maximum absolute atomic E-state index is 11.2. The molecule has 1 aliphatic rings. The Morgan fingerprint density at radius 3 is 2.67 bits per heavy atom. The minimum atomic E-state index is -0.260. The van der Waals surface area contributed by atoms with Crippen molar-refractivity contribution in [3.63, 3.8) is 0 Å². The Hall–Kier alpha value is -1.10. The van der Waals surface area contributed by atoms with E-state index < -0.39 is 0 Å². The first-order valence-electron chi connectivity index (χ1n) is 5.28. The van der Waals surface area contributed by atoms with Crippen LogP contribution in [-0.2, 0) is 9.59 Å². The number of amides is 2. The van der Waals surface area contributed by atoms with E-state index in [1.54, 1.807) is 7.05 Å². The fourth-order valence-corrected chi connectivity index (χ4v) is 1.90. The molecule has 1 rings (SSSR count). The maximum atomic E-state index is 11.2. The first-order valence-corrected chi connectivity index (χ1v) is 5.28. The van der Waals surface area contributed by atoms with Gasteiger partial charge in [0.25, 0.3) is 0 Å². The van der Waals surface area contributed by atoms with Gasteiger partial charge in [-0.2, -0.15) is 0 Å². The molecule has 2 unspecified atom stereocenters. The van der Waals surface area contributed by atoms with E-state index in [-0.39, 0.29) is 17.7 Å². The topological polar surface area (TPSA) is 75.4 Å². The van der Waals surface area contributed by atoms with Crippen molar-refractivity contribution in [3.05, 3.63) is 0 Å². The lowest BCUT2D eigenvalue weighted by atomic mass is 9.93. The van der Waals surface area contributed by atoms with Crippen LogP contribution in [0.5, 0.6) is 0 Å². The highest BCUT2D eigenvalue weighted by atomic mass is 16.2. The number of nitrogens with zero attached hydrogens (tertiary/aromatic N) is 1. The maximum Gasteiger partial charge on any atom is 0.233 e. The van der Waals surface area contributed by atoms with Gasteiger partial charge in [-0.3, -0.25) is 14.5 Å². The fourth-order valence-electron chi connectivity index (χ4n) is 1.90. The molecule has 2 atom stereocenters. The Morgan fingerprint density at radius 2 is 2.13 bits per heavy atom. The second-order valence-corrected chi connectivity index (χ2v) is 4.13. The average molecular weight is 213 g/mol. The highest BCUT2D eigenvalue weighted by Gasteiger charge is 2.29. The SMILES string of the molecule is CNC(=O)CN1CC(C(N)=O)CCC1C. The zero-order chi connectivity index (χ0) is 11.4. The van der Waals surface area contributed by atoms with Crippen molar-refractivity contribution in [2.45, 2.75) is 25.8 Å². The molecule has 0 radical (unpaired) electrons. The van der Waals surface area contributed by atoms with E-state index in [1.165, 1.54) is 0 Å². The Morgan fingerprint density at radius 1 is 1.47 bits per heavy atom. The number of nitrogens with two attached hydrogens (primary N) is 1. The van der Waals surface area contributed by atoms with Crippen molar-refractivity contribution in [1.29, 1.82) is 0 Å². The molecule has 0 aromatic rings. The molecule has 1 saturated heterocycles. The summed E-state index contributed by atoms with van der Waals surface area (Å²) in [6, 6.07) is 0.345. The van der Waals surface area contributed by atoms with Gasteiger partial charge in [-0.15, -0.1) is 0 Å². The van der Waals surface area contributed by atoms with Crippen LogP contribution in [0.15, 0.2) is 0 Å². The Kier molecular flexibility index (Phi) is 4.08. The minimum Gasteiger partial charge on any atom is -0.369 e. The highest BCUT2D eigenvalue weighted by Crippen LogP contribution is 2.21. The van der Waals surface area contributed by atoms with E-state index in [0.29, 0.717) is 19.1 Å². The van der Waals surface area contributed by atoms with E-state index >= 15 is 0 Å². The molecule has 3 N–H and O–H groups in total. The third-order valence-electron chi connectivity index (χ3n) is 3.04. The summed E-state index contributed by atoms with van der Waals surface area (Å²) in [5, 5.41) is 2.58. The van der Waals surface area contributed by atoms with Crippen molar-refractivity contribution >= 4 is 11.8 Å². The number of hydrogen-bond donors (Lipinski definition) is 2. The first-order chi connectivity index (χ1) is 7.04. The summed E-state index contributed by atoms with van der Waals surface area (Å²) >= 11 is 0. The molecule has 86 valence electrons. The second-order valence-electron chi connectivity index (χ2n) is 4.13. The molecule has 0 aliphatic carbocycles. The summed E-state index contributed by atoms with van der Waals surface area (Å²) < 4.78 is 0. The van der Waals surface area contributed by atoms with E-state index in [0.717, 1.165) is 12.8 Å². The van der Waals surface area contributed by atoms with Gasteiger partial charge < -0.3 is 11.1 Å². The number of carbonyl (C=O) groups is 2. The summed E-state index contributed by atoms with van der Waals surface area (Å²) in [6.07, 6.45) is 1.76. The van der Waals surface area contributed by atoms with Crippen LogP contribution in [0.4, 0.5) is 0 Å². The Bertz CT molecular complexity index is 255. The summed E-state index contributed by atoms with van der Waals surface area (Å²) in [7, 11) is 1.61. The van der Waals surface area contributed by atoms with Crippen molar-refractivity contribution < 1.29 is 9.59 Å². The number of rotatable bonds is 3. The van der Waals surface area contributed by atoms with Crippen LogP contribution in [0.1, 0.15) is 19.8 Å². The summed E-state index contributed by atoms with van der Waals surface area (Å²) in [6.45, 7) is 3.02. The van der Waals surface area contributed by atoms with Gasteiger partial charge in [-0.25, -0.2) is 0 Å². The molecule has 0 aromatic carbocycles. The predicted molar refractivity (Wildman–Crippen MR) is 57.0 cm³/mol. The minimum absolute atomic E-state index is 0.0213. The van der Waals surface area contributed by atoms with E-state index in [1.807, 2.05) is 4.90 Å². The van der Waals surface area contributed by atoms with Crippen LogP contribution in [-0.4, -0.2) is 42.9 Å². The number of carbonyl (C=O) groups excluding carboxylic acids is 2. The lowest BCUT2D eigenvalue weighted by molar-refractivity contribution is -0.127. The molecule has 2 amide bonds. The van der Waals surface area contributed by atoms with Gasteiger partial charge in [0.1, 0.15) is 0 Å². The molecule has 0 spiro atoms. The molecule has 0 bridgehead atoms. The van der Waals surface area contributed by atoms with Crippen molar-refractivity contribution in [1.82, 2.24) is 10.2 Å². The smallest absolute Gasteiger partial charge is 0.233 e. The lowest BCUT2D eigenvalue weighted by Gasteiger charge is -2.36. The summed E-state index contributed by atoms with van der Waals surface area (Å²) in [5.41, 5.74) is 5.27. The molecule has 15 heavy (non-hydrogen) atoms. The molecule has 5 heteroatoms. The van der Waals surface area contributed by atoms with Crippen molar-refractivity contribution in [2.75, 3.05) is 20.1 Å². The monoisotopic (exact) mass is 213 g/mol. The Balaban J connectivity index is 2.53. The normalized spacial score (nSPS) is 27.3. The van der Waals surface area contributed by atoms with Gasteiger partial charge in [0.05, 0.1) is 12.5 Å². The van der Waals surface area contributed by atoms with Crippen LogP contribution >= 0.6 is 0 Å². The lowest BCUT2D eigenvalue weighted by Crippen LogP contribution is -2.49. The summed E-state index contributed by atoms with van der Waals surface area (Å²) in [4.78, 5) is 24.3. The van der Waals surface area contributed by atoms with Gasteiger partial charge in [-0.1, -0.05) is 0 Å². The first kappa shape index (κ1) is 12.0. The number of likely N-dealkylation sites (tertiary alicyclic amines) is 1. The summed E-state index contributed by atoms with van der Waals surface area (Å²) in [5.74, 6) is -0.387. The number of primary amides is 1. The molecule has 5 nitrogen and oxygen atoms in total. The third kappa shape index (κ3) is 3.20. The molecule has 0 aromatic heterocycles. The molecule has 1 fully saturated rings. The van der Waals surface area contributed by atoms with E-state index in [4.69, 9.17) is 5.73 Å². The number of nitrogens with one attached hydrogen (secondary N) is 1. The van der Waals surface area contributed by atoms with Gasteiger partial charge >= 0.3 is 0 Å². The number of hydrogen-bond acceptors (Lipinski definition) is 3. The van der Waals surface area contributed by atoms with Crippen LogP contribution in [0, 0.1) is 5.92 Å². The zero-order valence-corrected chi connectivity index (χ0v) is 9.32. The molecule has 1 aliphatic heterocycles. The van der Waals surface area contributed by atoms with Crippen LogP contribution < -0.4 is 11.1 Å². The number of piperidine rings is 1. The van der Waals surface area contributed by atoms with E-state index in [2.05, 4.69) is 12.2 Å². The van der Waals surface area contributed by atoms with Gasteiger partial charge in [0.2, 0.25) is 11.8 Å². The van der Waals surface area contributed by atoms with Crippen molar-refractivity contribution in [3.8, 4) is 0 Å². The zero-order valence-electron chi connectivity index (χ0n) is 9.32. The van der Waals surface area contributed by atoms with Crippen molar-refractivity contribution in [2.24, 2.45) is 11.7 Å². The molecular formula is C10H19N3O2. The molecular weight excluding hydrogens is 194 g/mol. The number of likely N-dealkylation sites (N-methyl/N-ethyl adjacent to an activating group) is 1. The van der Waals surface area contributed by atoms with Gasteiger partial charge in [0, 0.05) is 19.6 Å². The van der Waals surface area contributed by atoms with Crippen LogP contribution in [0.25, 0.3) is 0 Å². The highest BCUT2D eigenvalue weighted by molar-refractivity contribution is 5.78. The largest absolute Gasteiger partial charge is 0.369 e. The quantitative estimate of drug-likeness (QED) is 0.652. The Labute approximate surface area is 90.0 Å². The standard InChI is InChI=1S/C10H19N3O2/c1-7-3-4-8(10(11)15)5-13(7)6-9(14)12-2/h7-8H,3-6H2,1-2H3,(H2,11,15)(H,12,14). The van der Waals surface area contributed by atoms with E-state index in [9.17, 15) is 9.59 Å².